The molecule has 0 fully saturated rings. The van der Waals surface area contributed by atoms with Crippen molar-refractivity contribution in [3.05, 3.63) is 98.8 Å². The number of nitrogens with one attached hydrogen (secondary N) is 3. The van der Waals surface area contributed by atoms with E-state index in [0.29, 0.717) is 57.6 Å². The fraction of sp³-hybridized carbons (Fsp3) is 0.242. The van der Waals surface area contributed by atoms with Gasteiger partial charge in [-0.25, -0.2) is 8.42 Å². The molecule has 2 aromatic heterocycles. The largest absolute Gasteiger partial charge is 0.507 e. The molecule has 0 unspecified atom stereocenters. The summed E-state index contributed by atoms with van der Waals surface area (Å²) in [6.07, 6.45) is 1.02. The maximum atomic E-state index is 13.4. The highest BCUT2D eigenvalue weighted by Gasteiger charge is 2.24. The standard InChI is InChI=1S/C33H32Cl2N4O6S/c1-19-14-22(15-20(2)31(19)35)45-12-5-7-24-23-10-9-21(34)16-26(23)37-32(24)30(41)18-46(43,44)13-11-36-33(42)28-17-27(38-39-28)25-6-3-4-8-29(25)40/h3-4,6,8-10,14-17,37,40H,5,7,11-13,18H2,1-2H3,(H,36,42)(H,38,39). The van der Waals surface area contributed by atoms with Gasteiger partial charge in [0.25, 0.3) is 5.91 Å². The van der Waals surface area contributed by atoms with Gasteiger partial charge in [-0.15, -0.1) is 0 Å². The number of aromatic hydroxyl groups is 1. The number of ether oxygens (including phenoxy) is 1. The third-order valence-electron chi connectivity index (χ3n) is 7.45. The SMILES string of the molecule is Cc1cc(OCCCc2c(C(=O)CS(=O)(=O)CCNC(=O)c3cc(-c4ccccc4O)n[nH]3)[nH]c3cc(Cl)ccc23)cc(C)c1Cl. The molecule has 1 amide bonds. The van der Waals surface area contributed by atoms with Gasteiger partial charge in [-0.2, -0.15) is 5.10 Å². The zero-order valence-corrected chi connectivity index (χ0v) is 27.4. The average molecular weight is 684 g/mol. The average Bonchev–Trinajstić information content (AvgIpc) is 3.63. The van der Waals surface area contributed by atoms with Crippen LogP contribution in [0.25, 0.3) is 22.2 Å². The fourth-order valence-corrected chi connectivity index (χ4v) is 6.56. The molecule has 0 saturated carbocycles. The first-order valence-corrected chi connectivity index (χ1v) is 17.0. The number of rotatable bonds is 13. The number of hydrogen-bond donors (Lipinski definition) is 4. The summed E-state index contributed by atoms with van der Waals surface area (Å²) in [5.74, 6) is -1.63. The number of aromatic amines is 2. The Morgan fingerprint density at radius 3 is 2.50 bits per heavy atom. The molecule has 46 heavy (non-hydrogen) atoms. The van der Waals surface area contributed by atoms with Gasteiger partial charge in [0.1, 0.15) is 22.9 Å². The third-order valence-corrected chi connectivity index (χ3v) is 9.81. The van der Waals surface area contributed by atoms with Crippen LogP contribution < -0.4 is 10.1 Å². The molecule has 0 bridgehead atoms. The Morgan fingerprint density at radius 2 is 1.76 bits per heavy atom. The lowest BCUT2D eigenvalue weighted by Gasteiger charge is -2.10. The Hall–Kier alpha value is -4.32. The van der Waals surface area contributed by atoms with Gasteiger partial charge in [0.15, 0.2) is 15.6 Å². The number of aryl methyl sites for hydroxylation is 3. The number of sulfone groups is 1. The van der Waals surface area contributed by atoms with Crippen LogP contribution in [0.5, 0.6) is 11.5 Å². The van der Waals surface area contributed by atoms with Crippen LogP contribution >= 0.6 is 23.2 Å². The molecule has 0 aliphatic rings. The molecule has 5 aromatic rings. The quantitative estimate of drug-likeness (QED) is 0.0848. The van der Waals surface area contributed by atoms with E-state index in [0.717, 1.165) is 16.5 Å². The molecule has 240 valence electrons. The number of ketones is 1. The van der Waals surface area contributed by atoms with Crippen molar-refractivity contribution in [2.45, 2.75) is 26.7 Å². The van der Waals surface area contributed by atoms with E-state index in [1.54, 1.807) is 36.4 Å². The molecule has 5 rings (SSSR count). The molecule has 0 aliphatic heterocycles. The number of carbonyl (C=O) groups excluding carboxylic acids is 2. The number of nitrogens with zero attached hydrogens (tertiary/aromatic N) is 1. The molecule has 13 heteroatoms. The van der Waals surface area contributed by atoms with Crippen molar-refractivity contribution in [1.29, 1.82) is 0 Å². The van der Waals surface area contributed by atoms with E-state index in [9.17, 15) is 23.1 Å². The lowest BCUT2D eigenvalue weighted by Crippen LogP contribution is -2.31. The van der Waals surface area contributed by atoms with Gasteiger partial charge in [0.05, 0.1) is 23.7 Å². The first-order chi connectivity index (χ1) is 21.9. The summed E-state index contributed by atoms with van der Waals surface area (Å²) in [6, 6.07) is 17.0. The minimum Gasteiger partial charge on any atom is -0.507 e. The Labute approximate surface area is 276 Å². The number of carbonyl (C=O) groups is 2. The number of fused-ring (bicyclic) bond motifs is 1. The van der Waals surface area contributed by atoms with Gasteiger partial charge in [0.2, 0.25) is 0 Å². The van der Waals surface area contributed by atoms with E-state index in [4.69, 9.17) is 27.9 Å². The summed E-state index contributed by atoms with van der Waals surface area (Å²) in [4.78, 5) is 29.0. The molecular weight excluding hydrogens is 651 g/mol. The summed E-state index contributed by atoms with van der Waals surface area (Å²) >= 11 is 12.4. The highest BCUT2D eigenvalue weighted by molar-refractivity contribution is 7.92. The first kappa shape index (κ1) is 33.1. The highest BCUT2D eigenvalue weighted by atomic mass is 35.5. The number of aromatic nitrogens is 3. The fourth-order valence-electron chi connectivity index (χ4n) is 5.18. The lowest BCUT2D eigenvalue weighted by molar-refractivity contribution is 0.0950. The second kappa shape index (κ2) is 14.0. The smallest absolute Gasteiger partial charge is 0.269 e. The number of hydrogen-bond acceptors (Lipinski definition) is 7. The van der Waals surface area contributed by atoms with E-state index in [2.05, 4.69) is 20.5 Å². The maximum Gasteiger partial charge on any atom is 0.269 e. The summed E-state index contributed by atoms with van der Waals surface area (Å²) in [7, 11) is -3.89. The zero-order valence-electron chi connectivity index (χ0n) is 25.1. The summed E-state index contributed by atoms with van der Waals surface area (Å²) in [6.45, 7) is 3.98. The molecule has 3 aromatic carbocycles. The molecule has 0 saturated heterocycles. The number of amides is 1. The molecule has 4 N–H and O–H groups in total. The Bertz CT molecular complexity index is 2010. The van der Waals surface area contributed by atoms with Crippen molar-refractivity contribution in [2.75, 3.05) is 24.7 Å². The van der Waals surface area contributed by atoms with Crippen LogP contribution in [-0.4, -0.2) is 65.1 Å². The summed E-state index contributed by atoms with van der Waals surface area (Å²) in [5, 5.41) is 21.1. The highest BCUT2D eigenvalue weighted by Crippen LogP contribution is 2.29. The number of halogens is 2. The minimum absolute atomic E-state index is 0.00866. The molecule has 10 nitrogen and oxygen atoms in total. The Kier molecular flexibility index (Phi) is 10.0. The van der Waals surface area contributed by atoms with Gasteiger partial charge in [-0.3, -0.25) is 14.7 Å². The van der Waals surface area contributed by atoms with Crippen LogP contribution in [-0.2, 0) is 16.3 Å². The van der Waals surface area contributed by atoms with E-state index in [1.807, 2.05) is 26.0 Å². The van der Waals surface area contributed by atoms with Gasteiger partial charge in [-0.1, -0.05) is 41.4 Å². The number of Topliss-reactive ketones (excluding diaryl/α,β-unsaturated/α-hetero) is 1. The van der Waals surface area contributed by atoms with Crippen LogP contribution in [0.2, 0.25) is 10.0 Å². The normalized spacial score (nSPS) is 11.6. The molecule has 0 spiro atoms. The topological polar surface area (TPSA) is 154 Å². The van der Waals surface area contributed by atoms with E-state index < -0.39 is 33.0 Å². The molecular formula is C33H32Cl2N4O6S. The van der Waals surface area contributed by atoms with Crippen LogP contribution in [0.3, 0.4) is 0 Å². The summed E-state index contributed by atoms with van der Waals surface area (Å²) in [5.41, 5.74) is 4.25. The second-order valence-corrected chi connectivity index (χ2v) is 13.9. The first-order valence-electron chi connectivity index (χ1n) is 14.5. The number of para-hydroxylation sites is 1. The van der Waals surface area contributed by atoms with Gasteiger partial charge < -0.3 is 20.1 Å². The van der Waals surface area contributed by atoms with Gasteiger partial charge in [-0.05, 0) is 85.8 Å². The monoisotopic (exact) mass is 682 g/mol. The molecule has 0 radical (unpaired) electrons. The van der Waals surface area contributed by atoms with Crippen molar-refractivity contribution < 1.29 is 27.9 Å². The van der Waals surface area contributed by atoms with Crippen molar-refractivity contribution in [3.63, 3.8) is 0 Å². The van der Waals surface area contributed by atoms with Crippen LogP contribution in [0, 0.1) is 13.8 Å². The van der Waals surface area contributed by atoms with E-state index in [1.165, 1.54) is 12.1 Å². The number of phenolic OH excluding ortho intramolecular Hbond substituents is 1. The predicted octanol–water partition coefficient (Wildman–Crippen LogP) is 6.23. The van der Waals surface area contributed by atoms with Crippen molar-refractivity contribution in [3.8, 4) is 22.8 Å². The number of H-pyrrole nitrogens is 2. The Morgan fingerprint density at radius 1 is 1.02 bits per heavy atom. The van der Waals surface area contributed by atoms with Crippen molar-refractivity contribution in [2.24, 2.45) is 0 Å². The molecule has 0 atom stereocenters. The maximum absolute atomic E-state index is 13.4. The second-order valence-electron chi connectivity index (χ2n) is 10.9. The zero-order chi connectivity index (χ0) is 33.0. The molecule has 0 aliphatic carbocycles. The van der Waals surface area contributed by atoms with Crippen molar-refractivity contribution in [1.82, 2.24) is 20.5 Å². The summed E-state index contributed by atoms with van der Waals surface area (Å²) < 4.78 is 31.8. The van der Waals surface area contributed by atoms with Crippen molar-refractivity contribution >= 4 is 55.6 Å². The van der Waals surface area contributed by atoms with Crippen LogP contribution in [0.15, 0.2) is 60.7 Å². The van der Waals surface area contributed by atoms with Gasteiger partial charge >= 0.3 is 0 Å². The van der Waals surface area contributed by atoms with E-state index >= 15 is 0 Å². The van der Waals surface area contributed by atoms with Crippen LogP contribution in [0.1, 0.15) is 44.1 Å². The number of phenols is 1. The minimum atomic E-state index is -3.89. The predicted molar refractivity (Wildman–Crippen MR) is 179 cm³/mol. The number of benzene rings is 3. The third kappa shape index (κ3) is 7.72. The van der Waals surface area contributed by atoms with E-state index in [-0.39, 0.29) is 23.7 Å². The van der Waals surface area contributed by atoms with Gasteiger partial charge in [0, 0.05) is 33.1 Å². The molecule has 2 heterocycles. The Balaban J connectivity index is 1.20. The van der Waals surface area contributed by atoms with Crippen LogP contribution in [0.4, 0.5) is 0 Å². The lowest BCUT2D eigenvalue weighted by atomic mass is 10.0.